The van der Waals surface area contributed by atoms with Gasteiger partial charge in [0.25, 0.3) is 5.91 Å². The molecule has 1 aliphatic heterocycles. The first-order valence-corrected chi connectivity index (χ1v) is 13.2. The van der Waals surface area contributed by atoms with Crippen LogP contribution in [-0.4, -0.2) is 28.5 Å². The summed E-state index contributed by atoms with van der Waals surface area (Å²) in [7, 11) is 0. The second-order valence-corrected chi connectivity index (χ2v) is 11.4. The maximum absolute atomic E-state index is 14.4. The summed E-state index contributed by atoms with van der Waals surface area (Å²) in [6, 6.07) is 26.4. The number of carbonyl (C=O) groups is 3. The van der Waals surface area contributed by atoms with Gasteiger partial charge in [-0.1, -0.05) is 84.0 Å². The Bertz CT molecular complexity index is 1480. The van der Waals surface area contributed by atoms with Gasteiger partial charge < -0.3 is 4.74 Å². The Balaban J connectivity index is 0.00000294. The molecule has 2 bridgehead atoms. The fourth-order valence-electron chi connectivity index (χ4n) is 6.90. The highest BCUT2D eigenvalue weighted by Crippen LogP contribution is 2.77. The highest BCUT2D eigenvalue weighted by Gasteiger charge is 2.85. The van der Waals surface area contributed by atoms with Crippen molar-refractivity contribution >= 4 is 50.4 Å². The van der Waals surface area contributed by atoms with Gasteiger partial charge in [-0.2, -0.15) is 0 Å². The van der Waals surface area contributed by atoms with E-state index in [1.807, 2.05) is 81.4 Å². The number of nitrogens with zero attached hydrogens (tertiary/aromatic N) is 1. The molecule has 4 atom stereocenters. The monoisotopic (exact) mass is 571 g/mol. The number of Topliss-reactive ketones (excluding diaryl/α,β-unsaturated/α-hetero) is 1. The van der Waals surface area contributed by atoms with Crippen LogP contribution in [-0.2, 0) is 14.4 Å². The number of alkyl halides is 1. The maximum atomic E-state index is 14.4. The second kappa shape index (κ2) is 8.77. The molecular formula is C32H30BrNO4. The number of imide groups is 1. The predicted octanol–water partition coefficient (Wildman–Crippen LogP) is 6.56. The van der Waals surface area contributed by atoms with Gasteiger partial charge in [0.2, 0.25) is 5.91 Å². The van der Waals surface area contributed by atoms with Gasteiger partial charge >= 0.3 is 0 Å². The first-order valence-electron chi connectivity index (χ1n) is 12.4. The molecule has 3 aliphatic rings. The lowest BCUT2D eigenvalue weighted by Gasteiger charge is -2.41. The zero-order chi connectivity index (χ0) is 26.2. The summed E-state index contributed by atoms with van der Waals surface area (Å²) < 4.78 is 4.13. The Kier molecular flexibility index (Phi) is 6.03. The number of rotatable bonds is 5. The number of hydrogen-bond donors (Lipinski definition) is 0. The van der Waals surface area contributed by atoms with Gasteiger partial charge in [-0.15, -0.1) is 0 Å². The Morgan fingerprint density at radius 2 is 1.34 bits per heavy atom. The molecule has 1 heterocycles. The first-order chi connectivity index (χ1) is 17.7. The largest absolute Gasteiger partial charge is 0.494 e. The van der Waals surface area contributed by atoms with Gasteiger partial charge in [-0.3, -0.25) is 14.4 Å². The van der Waals surface area contributed by atoms with Crippen LogP contribution in [0.1, 0.15) is 39.3 Å². The van der Waals surface area contributed by atoms with E-state index in [2.05, 4.69) is 15.9 Å². The van der Waals surface area contributed by atoms with Crippen molar-refractivity contribution in [3.63, 3.8) is 0 Å². The molecule has 3 aromatic carbocycles. The van der Waals surface area contributed by atoms with Crippen molar-refractivity contribution in [1.29, 1.82) is 0 Å². The third kappa shape index (κ3) is 2.95. The van der Waals surface area contributed by atoms with Crippen LogP contribution < -0.4 is 9.64 Å². The second-order valence-electron chi connectivity index (χ2n) is 10.2. The van der Waals surface area contributed by atoms with Crippen LogP contribution in [0.3, 0.4) is 0 Å². The summed E-state index contributed by atoms with van der Waals surface area (Å²) in [5.41, 5.74) is 1.39. The van der Waals surface area contributed by atoms with Gasteiger partial charge in [-0.05, 0) is 67.3 Å². The van der Waals surface area contributed by atoms with Crippen molar-refractivity contribution in [2.45, 2.75) is 32.5 Å². The zero-order valence-corrected chi connectivity index (χ0v) is 22.4. The van der Waals surface area contributed by atoms with Gasteiger partial charge in [-0.25, -0.2) is 4.90 Å². The minimum absolute atomic E-state index is 0. The average Bonchev–Trinajstić information content (AvgIpc) is 3.30. The molecule has 6 rings (SSSR count). The molecule has 5 nitrogen and oxygen atoms in total. The van der Waals surface area contributed by atoms with E-state index >= 15 is 0 Å². The molecule has 3 aromatic rings. The molecule has 0 radical (unpaired) electrons. The van der Waals surface area contributed by atoms with Gasteiger partial charge in [0.1, 0.15) is 10.1 Å². The lowest BCUT2D eigenvalue weighted by Crippen LogP contribution is -2.50. The van der Waals surface area contributed by atoms with Crippen molar-refractivity contribution in [2.24, 2.45) is 16.7 Å². The Morgan fingerprint density at radius 3 is 1.87 bits per heavy atom. The van der Waals surface area contributed by atoms with Gasteiger partial charge in [0.15, 0.2) is 5.78 Å². The summed E-state index contributed by atoms with van der Waals surface area (Å²) in [5, 5.41) is 0. The Hall–Kier alpha value is -3.51. The van der Waals surface area contributed by atoms with E-state index < -0.39 is 27.0 Å². The normalized spacial score (nSPS) is 29.5. The van der Waals surface area contributed by atoms with Crippen molar-refractivity contribution < 1.29 is 19.1 Å². The van der Waals surface area contributed by atoms with Crippen LogP contribution in [0.4, 0.5) is 5.69 Å². The zero-order valence-electron chi connectivity index (χ0n) is 20.8. The van der Waals surface area contributed by atoms with Crippen molar-refractivity contribution in [2.75, 3.05) is 11.5 Å². The Labute approximate surface area is 231 Å². The summed E-state index contributed by atoms with van der Waals surface area (Å²) in [4.78, 5) is 44.2. The molecular weight excluding hydrogens is 542 g/mol. The van der Waals surface area contributed by atoms with Gasteiger partial charge in [0.05, 0.1) is 29.0 Å². The van der Waals surface area contributed by atoms with E-state index in [0.717, 1.165) is 22.3 Å². The number of carbonyl (C=O) groups excluding carboxylic acids is 3. The number of ketones is 1. The van der Waals surface area contributed by atoms with Crippen molar-refractivity contribution in [3.8, 4) is 5.75 Å². The number of fused-ring (bicyclic) bond motifs is 5. The number of benzene rings is 3. The first kappa shape index (κ1) is 26.1. The number of allylic oxidation sites excluding steroid dienone is 2. The fraction of sp³-hybridized carbons (Fsp3) is 0.281. The van der Waals surface area contributed by atoms with E-state index in [-0.39, 0.29) is 19.1 Å². The SMILES string of the molecule is C.CCOc1ccc(N2C(=O)C3C4(C)C(=O)C(C)(C(c5ccccc5)=C4c4ccccc4)C3(Br)C2=O)cc1. The van der Waals surface area contributed by atoms with Gasteiger partial charge in [0, 0.05) is 0 Å². The summed E-state index contributed by atoms with van der Waals surface area (Å²) in [6.07, 6.45) is 0. The lowest BCUT2D eigenvalue weighted by molar-refractivity contribution is -0.133. The molecule has 194 valence electrons. The minimum atomic E-state index is -1.41. The third-order valence-electron chi connectivity index (χ3n) is 8.41. The predicted molar refractivity (Wildman–Crippen MR) is 153 cm³/mol. The quantitative estimate of drug-likeness (QED) is 0.257. The fourth-order valence-corrected chi connectivity index (χ4v) is 8.11. The maximum Gasteiger partial charge on any atom is 0.252 e. The van der Waals surface area contributed by atoms with Crippen molar-refractivity contribution in [3.05, 3.63) is 96.1 Å². The van der Waals surface area contributed by atoms with Crippen LogP contribution in [0.2, 0.25) is 0 Å². The molecule has 0 aromatic heterocycles. The average molecular weight is 572 g/mol. The van der Waals surface area contributed by atoms with Crippen LogP contribution in [0.25, 0.3) is 11.1 Å². The van der Waals surface area contributed by atoms with Crippen molar-refractivity contribution in [1.82, 2.24) is 0 Å². The van der Waals surface area contributed by atoms with E-state index in [9.17, 15) is 14.4 Å². The molecule has 2 aliphatic carbocycles. The van der Waals surface area contributed by atoms with Crippen LogP contribution >= 0.6 is 15.9 Å². The standard InChI is InChI=1S/C31H26BrNO4.CH4/c1-4-37-22-17-15-21(16-18-22)33-26(34)25-29(2)23(19-11-7-5-8-12-19)24(20-13-9-6-10-14-20)30(3,27(29)35)31(25,32)28(33)36;/h5-18,25H,4H2,1-3H3;1H4. The van der Waals surface area contributed by atoms with Crippen LogP contribution in [0.15, 0.2) is 84.9 Å². The number of halogens is 1. The molecule has 38 heavy (non-hydrogen) atoms. The molecule has 6 heteroatoms. The summed E-state index contributed by atoms with van der Waals surface area (Å²) in [5.74, 6) is -1.11. The Morgan fingerprint density at radius 1 is 0.816 bits per heavy atom. The smallest absolute Gasteiger partial charge is 0.252 e. The third-order valence-corrected chi connectivity index (χ3v) is 10.0. The highest BCUT2D eigenvalue weighted by atomic mass is 79.9. The summed E-state index contributed by atoms with van der Waals surface area (Å²) >= 11 is 3.79. The molecule has 1 saturated carbocycles. The molecule has 2 amide bonds. The van der Waals surface area contributed by atoms with E-state index in [1.165, 1.54) is 4.90 Å². The summed E-state index contributed by atoms with van der Waals surface area (Å²) in [6.45, 7) is 6.08. The highest BCUT2D eigenvalue weighted by molar-refractivity contribution is 9.10. The lowest BCUT2D eigenvalue weighted by atomic mass is 9.63. The molecule has 0 spiro atoms. The topological polar surface area (TPSA) is 63.7 Å². The van der Waals surface area contributed by atoms with E-state index in [0.29, 0.717) is 18.0 Å². The molecule has 2 fully saturated rings. The van der Waals surface area contributed by atoms with Crippen LogP contribution in [0, 0.1) is 16.7 Å². The molecule has 4 unspecified atom stereocenters. The van der Waals surface area contributed by atoms with Crippen LogP contribution in [0.5, 0.6) is 5.75 Å². The number of anilines is 1. The van der Waals surface area contributed by atoms with E-state index in [1.54, 1.807) is 24.3 Å². The minimum Gasteiger partial charge on any atom is -0.494 e. The van der Waals surface area contributed by atoms with E-state index in [4.69, 9.17) is 4.74 Å². The number of hydrogen-bond acceptors (Lipinski definition) is 4. The number of amides is 2. The molecule has 0 N–H and O–H groups in total. The number of ether oxygens (including phenoxy) is 1. The molecule has 1 saturated heterocycles.